The SMILES string of the molecule is Cc1ccc(OC(=O)CCNC(=O)c2ccccc2Cl)cc1. The molecule has 1 N–H and O–H groups in total. The van der Waals surface area contributed by atoms with Crippen molar-refractivity contribution < 1.29 is 14.3 Å². The molecule has 0 radical (unpaired) electrons. The van der Waals surface area contributed by atoms with Crippen LogP contribution in [0, 0.1) is 6.92 Å². The molecule has 0 saturated heterocycles. The van der Waals surface area contributed by atoms with Gasteiger partial charge in [-0.2, -0.15) is 0 Å². The number of benzene rings is 2. The van der Waals surface area contributed by atoms with Crippen LogP contribution in [-0.2, 0) is 4.79 Å². The van der Waals surface area contributed by atoms with Crippen LogP contribution in [0.15, 0.2) is 48.5 Å². The Balaban J connectivity index is 1.78. The molecular formula is C17H16ClNO3. The van der Waals surface area contributed by atoms with E-state index < -0.39 is 5.97 Å². The van der Waals surface area contributed by atoms with Crippen LogP contribution in [0.4, 0.5) is 0 Å². The number of ether oxygens (including phenoxy) is 1. The molecule has 0 fully saturated rings. The lowest BCUT2D eigenvalue weighted by Crippen LogP contribution is -2.27. The van der Waals surface area contributed by atoms with Crippen molar-refractivity contribution in [2.75, 3.05) is 6.54 Å². The van der Waals surface area contributed by atoms with Crippen LogP contribution in [0.25, 0.3) is 0 Å². The average Bonchev–Trinajstić information content (AvgIpc) is 2.50. The highest BCUT2D eigenvalue weighted by Gasteiger charge is 2.10. The van der Waals surface area contributed by atoms with Gasteiger partial charge in [0.15, 0.2) is 0 Å². The fourth-order valence-electron chi connectivity index (χ4n) is 1.81. The number of esters is 1. The molecule has 1 amide bonds. The van der Waals surface area contributed by atoms with E-state index in [1.165, 1.54) is 0 Å². The molecule has 0 heterocycles. The Morgan fingerprint density at radius 2 is 1.77 bits per heavy atom. The number of hydrogen-bond acceptors (Lipinski definition) is 3. The van der Waals surface area contributed by atoms with Gasteiger partial charge in [0.2, 0.25) is 0 Å². The maximum absolute atomic E-state index is 11.9. The van der Waals surface area contributed by atoms with Crippen molar-refractivity contribution in [2.45, 2.75) is 13.3 Å². The lowest BCUT2D eigenvalue weighted by Gasteiger charge is -2.07. The Morgan fingerprint density at radius 3 is 2.45 bits per heavy atom. The first-order chi connectivity index (χ1) is 10.6. The molecule has 0 spiro atoms. The van der Waals surface area contributed by atoms with Gasteiger partial charge in [0.25, 0.3) is 5.91 Å². The Bertz CT molecular complexity index is 668. The number of rotatable bonds is 5. The summed E-state index contributed by atoms with van der Waals surface area (Å²) < 4.78 is 5.16. The molecule has 0 saturated carbocycles. The predicted octanol–water partition coefficient (Wildman–Crippen LogP) is 3.37. The third-order valence-electron chi connectivity index (χ3n) is 2.99. The van der Waals surface area contributed by atoms with Gasteiger partial charge in [-0.25, -0.2) is 0 Å². The average molecular weight is 318 g/mol. The molecule has 2 rings (SSSR count). The molecule has 114 valence electrons. The minimum absolute atomic E-state index is 0.0874. The van der Waals surface area contributed by atoms with Gasteiger partial charge in [-0.05, 0) is 31.2 Å². The number of nitrogens with one attached hydrogen (secondary N) is 1. The molecule has 22 heavy (non-hydrogen) atoms. The summed E-state index contributed by atoms with van der Waals surface area (Å²) >= 11 is 5.93. The van der Waals surface area contributed by atoms with E-state index in [1.54, 1.807) is 36.4 Å². The Hall–Kier alpha value is -2.33. The molecule has 0 atom stereocenters. The van der Waals surface area contributed by atoms with Crippen molar-refractivity contribution >= 4 is 23.5 Å². The second-order valence-corrected chi connectivity index (χ2v) is 5.18. The van der Waals surface area contributed by atoms with Gasteiger partial charge in [-0.15, -0.1) is 0 Å². The van der Waals surface area contributed by atoms with E-state index in [0.717, 1.165) is 5.56 Å². The van der Waals surface area contributed by atoms with Gasteiger partial charge in [-0.3, -0.25) is 9.59 Å². The van der Waals surface area contributed by atoms with Gasteiger partial charge in [0.05, 0.1) is 17.0 Å². The van der Waals surface area contributed by atoms with E-state index >= 15 is 0 Å². The van der Waals surface area contributed by atoms with E-state index in [1.807, 2.05) is 19.1 Å². The maximum atomic E-state index is 11.9. The second-order valence-electron chi connectivity index (χ2n) is 4.77. The molecule has 0 aliphatic heterocycles. The molecule has 0 unspecified atom stereocenters. The fraction of sp³-hybridized carbons (Fsp3) is 0.176. The number of halogens is 1. The predicted molar refractivity (Wildman–Crippen MR) is 85.2 cm³/mol. The molecule has 0 bridgehead atoms. The van der Waals surface area contributed by atoms with Crippen LogP contribution in [0.1, 0.15) is 22.3 Å². The van der Waals surface area contributed by atoms with E-state index in [-0.39, 0.29) is 18.9 Å². The quantitative estimate of drug-likeness (QED) is 0.679. The Morgan fingerprint density at radius 1 is 1.09 bits per heavy atom. The summed E-state index contributed by atoms with van der Waals surface area (Å²) in [6.07, 6.45) is 0.0874. The molecule has 5 heteroatoms. The zero-order chi connectivity index (χ0) is 15.9. The lowest BCUT2D eigenvalue weighted by atomic mass is 10.2. The van der Waals surface area contributed by atoms with Crippen LogP contribution in [0.3, 0.4) is 0 Å². The van der Waals surface area contributed by atoms with Gasteiger partial charge >= 0.3 is 5.97 Å². The molecule has 0 aliphatic rings. The van der Waals surface area contributed by atoms with Crippen LogP contribution >= 0.6 is 11.6 Å². The number of carbonyl (C=O) groups is 2. The minimum Gasteiger partial charge on any atom is -0.426 e. The van der Waals surface area contributed by atoms with Gasteiger partial charge in [0.1, 0.15) is 5.75 Å². The third-order valence-corrected chi connectivity index (χ3v) is 3.32. The largest absolute Gasteiger partial charge is 0.426 e. The summed E-state index contributed by atoms with van der Waals surface area (Å²) in [6, 6.07) is 13.9. The van der Waals surface area contributed by atoms with E-state index in [9.17, 15) is 9.59 Å². The molecule has 4 nitrogen and oxygen atoms in total. The van der Waals surface area contributed by atoms with Gasteiger partial charge in [0, 0.05) is 6.54 Å². The monoisotopic (exact) mass is 317 g/mol. The number of carbonyl (C=O) groups excluding carboxylic acids is 2. The summed E-state index contributed by atoms with van der Waals surface area (Å²) in [5, 5.41) is 3.02. The minimum atomic E-state index is -0.400. The Labute approximate surface area is 134 Å². The molecular weight excluding hydrogens is 302 g/mol. The molecule has 0 aromatic heterocycles. The highest BCUT2D eigenvalue weighted by Crippen LogP contribution is 2.14. The molecule has 0 aliphatic carbocycles. The van der Waals surface area contributed by atoms with Crippen molar-refractivity contribution in [2.24, 2.45) is 0 Å². The normalized spacial score (nSPS) is 10.1. The van der Waals surface area contributed by atoms with Crippen LogP contribution in [0.5, 0.6) is 5.75 Å². The number of amides is 1. The summed E-state index contributed by atoms with van der Waals surface area (Å²) in [4.78, 5) is 23.6. The van der Waals surface area contributed by atoms with Crippen LogP contribution < -0.4 is 10.1 Å². The first kappa shape index (κ1) is 16.0. The lowest BCUT2D eigenvalue weighted by molar-refractivity contribution is -0.134. The molecule has 2 aromatic rings. The zero-order valence-electron chi connectivity index (χ0n) is 12.1. The third kappa shape index (κ3) is 4.60. The summed E-state index contributed by atoms with van der Waals surface area (Å²) in [7, 11) is 0. The topological polar surface area (TPSA) is 55.4 Å². The van der Waals surface area contributed by atoms with Crippen molar-refractivity contribution in [1.82, 2.24) is 5.32 Å². The van der Waals surface area contributed by atoms with E-state index in [0.29, 0.717) is 16.3 Å². The van der Waals surface area contributed by atoms with E-state index in [2.05, 4.69) is 5.32 Å². The second kappa shape index (κ2) is 7.61. The summed E-state index contributed by atoms with van der Waals surface area (Å²) in [5.41, 5.74) is 1.47. The Kier molecular flexibility index (Phi) is 5.55. The summed E-state index contributed by atoms with van der Waals surface area (Å²) in [6.45, 7) is 2.14. The summed E-state index contributed by atoms with van der Waals surface area (Å²) in [5.74, 6) is -0.218. The number of aryl methyl sites for hydroxylation is 1. The number of hydrogen-bond donors (Lipinski definition) is 1. The zero-order valence-corrected chi connectivity index (χ0v) is 12.9. The van der Waals surface area contributed by atoms with Crippen LogP contribution in [0.2, 0.25) is 5.02 Å². The van der Waals surface area contributed by atoms with Gasteiger partial charge in [-0.1, -0.05) is 41.4 Å². The van der Waals surface area contributed by atoms with Crippen molar-refractivity contribution in [1.29, 1.82) is 0 Å². The van der Waals surface area contributed by atoms with Crippen molar-refractivity contribution in [3.8, 4) is 5.75 Å². The first-order valence-electron chi connectivity index (χ1n) is 6.86. The highest BCUT2D eigenvalue weighted by atomic mass is 35.5. The highest BCUT2D eigenvalue weighted by molar-refractivity contribution is 6.33. The van der Waals surface area contributed by atoms with Crippen LogP contribution in [-0.4, -0.2) is 18.4 Å². The molecule has 2 aromatic carbocycles. The van der Waals surface area contributed by atoms with Gasteiger partial charge < -0.3 is 10.1 Å². The van der Waals surface area contributed by atoms with Crippen molar-refractivity contribution in [3.63, 3.8) is 0 Å². The smallest absolute Gasteiger partial charge is 0.312 e. The van der Waals surface area contributed by atoms with E-state index in [4.69, 9.17) is 16.3 Å². The fourth-order valence-corrected chi connectivity index (χ4v) is 2.03. The first-order valence-corrected chi connectivity index (χ1v) is 7.24. The maximum Gasteiger partial charge on any atom is 0.312 e. The standard InChI is InChI=1S/C17H16ClNO3/c1-12-6-8-13(9-7-12)22-16(20)10-11-19-17(21)14-4-2-3-5-15(14)18/h2-9H,10-11H2,1H3,(H,19,21). The van der Waals surface area contributed by atoms with Crippen molar-refractivity contribution in [3.05, 3.63) is 64.7 Å².